The van der Waals surface area contributed by atoms with Crippen molar-refractivity contribution in [3.05, 3.63) is 84.8 Å². The van der Waals surface area contributed by atoms with Crippen LogP contribution in [0.2, 0.25) is 0 Å². The van der Waals surface area contributed by atoms with Crippen molar-refractivity contribution in [2.24, 2.45) is 0 Å². The number of rotatable bonds is 10. The molecule has 41 heavy (non-hydrogen) atoms. The average molecular weight is 602 g/mol. The van der Waals surface area contributed by atoms with E-state index >= 15 is 0 Å². The van der Waals surface area contributed by atoms with E-state index in [1.165, 1.54) is 42.5 Å². The van der Waals surface area contributed by atoms with Gasteiger partial charge in [-0.15, -0.1) is 11.3 Å². The molecule has 2 aliphatic heterocycles. The number of benzene rings is 1. The molecule has 4 rings (SSSR count). The fourth-order valence-corrected chi connectivity index (χ4v) is 5.92. The van der Waals surface area contributed by atoms with Gasteiger partial charge in [-0.2, -0.15) is 0 Å². The minimum atomic E-state index is -0.999. The van der Waals surface area contributed by atoms with Crippen LogP contribution in [0.4, 0.5) is 5.69 Å². The Kier molecular flexibility index (Phi) is 9.19. The number of nitro benzene ring substituents is 1. The number of β-lactam (4-membered cyclic amide) rings is 1. The van der Waals surface area contributed by atoms with Crippen molar-refractivity contribution in [3.8, 4) is 0 Å². The Morgan fingerprint density at radius 1 is 1.07 bits per heavy atom. The SMILES string of the molecule is CC(=O)OC=C1S[C@H]2C(NC(=O)Cc3cccs3)C(=O)N2C(C(=O)OCc2ccc([N+](=O)[O-])cc2)=C1COC(C)=O. The van der Waals surface area contributed by atoms with Gasteiger partial charge in [0, 0.05) is 36.4 Å². The van der Waals surface area contributed by atoms with Gasteiger partial charge in [0.25, 0.3) is 11.6 Å². The first-order chi connectivity index (χ1) is 19.5. The molecule has 0 radical (unpaired) electrons. The zero-order chi connectivity index (χ0) is 29.7. The minimum absolute atomic E-state index is 0.0622. The molecule has 1 aromatic carbocycles. The lowest BCUT2D eigenvalue weighted by Gasteiger charge is -2.50. The van der Waals surface area contributed by atoms with Crippen molar-refractivity contribution >= 4 is 58.5 Å². The first-order valence-corrected chi connectivity index (χ1v) is 13.8. The summed E-state index contributed by atoms with van der Waals surface area (Å²) in [7, 11) is 0. The molecule has 2 atom stereocenters. The van der Waals surface area contributed by atoms with E-state index in [-0.39, 0.29) is 34.9 Å². The van der Waals surface area contributed by atoms with Gasteiger partial charge in [0.2, 0.25) is 5.91 Å². The van der Waals surface area contributed by atoms with Crippen molar-refractivity contribution in [2.45, 2.75) is 38.3 Å². The average Bonchev–Trinajstić information content (AvgIpc) is 3.44. The largest absolute Gasteiger partial charge is 0.461 e. The van der Waals surface area contributed by atoms with Crippen molar-refractivity contribution in [1.82, 2.24) is 10.2 Å². The molecule has 2 aromatic rings. The number of thiophene rings is 1. The van der Waals surface area contributed by atoms with Gasteiger partial charge in [0.1, 0.15) is 36.6 Å². The second kappa shape index (κ2) is 12.8. The van der Waals surface area contributed by atoms with E-state index in [1.54, 1.807) is 12.1 Å². The van der Waals surface area contributed by atoms with Gasteiger partial charge >= 0.3 is 17.9 Å². The van der Waals surface area contributed by atoms with Crippen LogP contribution in [0, 0.1) is 10.1 Å². The highest BCUT2D eigenvalue weighted by atomic mass is 32.2. The molecule has 1 N–H and O–H groups in total. The Bertz CT molecular complexity index is 1450. The highest BCUT2D eigenvalue weighted by Gasteiger charge is 2.56. The third-order valence-electron chi connectivity index (χ3n) is 5.81. The Hall–Kier alpha value is -4.50. The molecule has 1 unspecified atom stereocenters. The van der Waals surface area contributed by atoms with Crippen LogP contribution >= 0.6 is 23.1 Å². The summed E-state index contributed by atoms with van der Waals surface area (Å²) in [6.07, 6.45) is 1.15. The van der Waals surface area contributed by atoms with Gasteiger partial charge in [-0.25, -0.2) is 4.79 Å². The maximum atomic E-state index is 13.4. The number of ether oxygens (including phenoxy) is 3. The standard InChI is InChI=1S/C26H23N3O10S2/c1-14(30)37-12-19-20(13-38-15(2)31)41-25-22(27-21(32)10-18-4-3-9-40-18)24(33)28(25)23(19)26(34)39-11-16-5-7-17(8-6-16)29(35)36/h3-9,13,22,25H,10-12H2,1-2H3,(H,27,32)/t22?,25-/m0/s1. The van der Waals surface area contributed by atoms with Crippen molar-refractivity contribution in [2.75, 3.05) is 6.61 Å². The number of esters is 3. The predicted octanol–water partition coefficient (Wildman–Crippen LogP) is 2.56. The molecule has 214 valence electrons. The lowest BCUT2D eigenvalue weighted by atomic mass is 10.0. The lowest BCUT2D eigenvalue weighted by Crippen LogP contribution is -2.70. The Labute approximate surface area is 241 Å². The molecule has 15 heteroatoms. The number of carbonyl (C=O) groups excluding carboxylic acids is 5. The predicted molar refractivity (Wildman–Crippen MR) is 145 cm³/mol. The first kappa shape index (κ1) is 29.5. The third kappa shape index (κ3) is 6.99. The summed E-state index contributed by atoms with van der Waals surface area (Å²) < 4.78 is 15.6. The Morgan fingerprint density at radius 2 is 1.80 bits per heavy atom. The monoisotopic (exact) mass is 601 g/mol. The topological polar surface area (TPSA) is 171 Å². The van der Waals surface area contributed by atoms with Gasteiger partial charge < -0.3 is 19.5 Å². The number of nitrogens with zero attached hydrogens (tertiary/aromatic N) is 2. The summed E-state index contributed by atoms with van der Waals surface area (Å²) in [5.74, 6) is -3.25. The van der Waals surface area contributed by atoms with Crippen LogP contribution in [0.1, 0.15) is 24.3 Å². The highest BCUT2D eigenvalue weighted by molar-refractivity contribution is 8.04. The maximum absolute atomic E-state index is 13.4. The quantitative estimate of drug-likeness (QED) is 0.106. The molecule has 1 fully saturated rings. The molecule has 13 nitrogen and oxygen atoms in total. The van der Waals surface area contributed by atoms with Crippen LogP contribution in [0.3, 0.4) is 0 Å². The molecule has 0 saturated carbocycles. The molecule has 0 bridgehead atoms. The van der Waals surface area contributed by atoms with Crippen LogP contribution in [-0.4, -0.2) is 57.6 Å². The summed E-state index contributed by atoms with van der Waals surface area (Å²) >= 11 is 2.43. The van der Waals surface area contributed by atoms with Gasteiger partial charge in [0.15, 0.2) is 0 Å². The van der Waals surface area contributed by atoms with E-state index in [4.69, 9.17) is 14.2 Å². The van der Waals surface area contributed by atoms with E-state index in [9.17, 15) is 34.1 Å². The fraction of sp³-hybridized carbons (Fsp3) is 0.269. The van der Waals surface area contributed by atoms with Crippen molar-refractivity contribution in [1.29, 1.82) is 0 Å². The van der Waals surface area contributed by atoms with Crippen LogP contribution in [0.25, 0.3) is 0 Å². The lowest BCUT2D eigenvalue weighted by molar-refractivity contribution is -0.384. The number of hydrogen-bond donors (Lipinski definition) is 1. The number of carbonyl (C=O) groups is 5. The smallest absolute Gasteiger partial charge is 0.355 e. The van der Waals surface area contributed by atoms with E-state index < -0.39 is 52.7 Å². The minimum Gasteiger partial charge on any atom is -0.461 e. The van der Waals surface area contributed by atoms with Crippen molar-refractivity contribution in [3.63, 3.8) is 0 Å². The molecule has 1 aromatic heterocycles. The molecular weight excluding hydrogens is 578 g/mol. The van der Waals surface area contributed by atoms with Crippen LogP contribution < -0.4 is 5.32 Å². The maximum Gasteiger partial charge on any atom is 0.355 e. The zero-order valence-corrected chi connectivity index (χ0v) is 23.3. The zero-order valence-electron chi connectivity index (χ0n) is 21.7. The number of fused-ring (bicyclic) bond motifs is 1. The first-order valence-electron chi connectivity index (χ1n) is 12.0. The fourth-order valence-electron chi connectivity index (χ4n) is 3.92. The van der Waals surface area contributed by atoms with Crippen LogP contribution in [0.15, 0.2) is 64.2 Å². The second-order valence-corrected chi connectivity index (χ2v) is 10.9. The molecule has 0 spiro atoms. The molecule has 3 heterocycles. The summed E-state index contributed by atoms with van der Waals surface area (Å²) in [4.78, 5) is 75.0. The van der Waals surface area contributed by atoms with Gasteiger partial charge in [0.05, 0.1) is 16.2 Å². The third-order valence-corrected chi connectivity index (χ3v) is 8.01. The van der Waals surface area contributed by atoms with Gasteiger partial charge in [-0.1, -0.05) is 17.8 Å². The second-order valence-electron chi connectivity index (χ2n) is 8.72. The summed E-state index contributed by atoms with van der Waals surface area (Å²) in [6, 6.07) is 7.93. The Balaban J connectivity index is 1.62. The molecule has 0 aliphatic carbocycles. The number of non-ortho nitro benzene ring substituents is 1. The Morgan fingerprint density at radius 3 is 2.41 bits per heavy atom. The van der Waals surface area contributed by atoms with E-state index in [1.807, 2.05) is 5.38 Å². The highest BCUT2D eigenvalue weighted by Crippen LogP contribution is 2.47. The van der Waals surface area contributed by atoms with Gasteiger partial charge in [-0.05, 0) is 29.1 Å². The number of amides is 2. The number of nitro groups is 1. The van der Waals surface area contributed by atoms with Crippen molar-refractivity contribution < 1.29 is 43.1 Å². The van der Waals surface area contributed by atoms with Crippen LogP contribution in [0.5, 0.6) is 0 Å². The summed E-state index contributed by atoms with van der Waals surface area (Å²) in [5, 5.41) is 14.6. The van der Waals surface area contributed by atoms with E-state index in [2.05, 4.69) is 5.32 Å². The molecular formula is C26H23N3O10S2. The van der Waals surface area contributed by atoms with Gasteiger partial charge in [-0.3, -0.25) is 34.2 Å². The summed E-state index contributed by atoms with van der Waals surface area (Å²) in [6.45, 7) is 1.61. The molecule has 1 saturated heterocycles. The normalized spacial score (nSPS) is 18.7. The summed E-state index contributed by atoms with van der Waals surface area (Å²) in [5.41, 5.74) is 0.117. The number of nitrogens with one attached hydrogen (secondary N) is 1. The van der Waals surface area contributed by atoms with Crippen LogP contribution in [-0.2, 0) is 51.2 Å². The number of thioether (sulfide) groups is 1. The van der Waals surface area contributed by atoms with E-state index in [0.717, 1.165) is 34.7 Å². The molecule has 2 aliphatic rings. The molecule has 2 amide bonds. The number of hydrogen-bond acceptors (Lipinski definition) is 12. The van der Waals surface area contributed by atoms with E-state index in [0.29, 0.717) is 5.56 Å².